The minimum Gasteiger partial charge on any atom is -0.434 e. The van der Waals surface area contributed by atoms with Crippen LogP contribution in [0.2, 0.25) is 0 Å². The summed E-state index contributed by atoms with van der Waals surface area (Å²) in [5.74, 6) is -0.980. The number of ether oxygens (including phenoxy) is 1. The lowest BCUT2D eigenvalue weighted by Crippen LogP contribution is -2.10. The SMILES string of the molecule is O=C(OCO)c1ccc(C(F)(F)F)cn1. The molecule has 0 aromatic carbocycles. The van der Waals surface area contributed by atoms with Gasteiger partial charge in [-0.2, -0.15) is 13.2 Å². The maximum Gasteiger partial charge on any atom is 0.417 e. The molecule has 0 aliphatic rings. The Morgan fingerprint density at radius 1 is 1.47 bits per heavy atom. The van der Waals surface area contributed by atoms with E-state index in [1.165, 1.54) is 0 Å². The first kappa shape index (κ1) is 11.4. The Morgan fingerprint density at radius 3 is 2.53 bits per heavy atom. The van der Waals surface area contributed by atoms with Gasteiger partial charge in [-0.05, 0) is 12.1 Å². The van der Waals surface area contributed by atoms with E-state index in [0.717, 1.165) is 6.07 Å². The van der Waals surface area contributed by atoms with Crippen LogP contribution in [0.3, 0.4) is 0 Å². The van der Waals surface area contributed by atoms with Crippen LogP contribution in [0.25, 0.3) is 0 Å². The van der Waals surface area contributed by atoms with Crippen molar-refractivity contribution in [1.82, 2.24) is 4.98 Å². The van der Waals surface area contributed by atoms with E-state index in [9.17, 15) is 18.0 Å². The predicted octanol–water partition coefficient (Wildman–Crippen LogP) is 1.21. The Hall–Kier alpha value is -1.63. The van der Waals surface area contributed by atoms with Crippen molar-refractivity contribution in [3.05, 3.63) is 29.6 Å². The van der Waals surface area contributed by atoms with Gasteiger partial charge < -0.3 is 9.84 Å². The largest absolute Gasteiger partial charge is 0.434 e. The van der Waals surface area contributed by atoms with Crippen LogP contribution in [0.1, 0.15) is 16.1 Å². The van der Waals surface area contributed by atoms with Gasteiger partial charge in [0.2, 0.25) is 0 Å². The number of carbonyl (C=O) groups excluding carboxylic acids is 1. The monoisotopic (exact) mass is 221 g/mol. The highest BCUT2D eigenvalue weighted by molar-refractivity contribution is 5.87. The molecule has 0 amide bonds. The lowest BCUT2D eigenvalue weighted by atomic mass is 10.2. The van der Waals surface area contributed by atoms with Crippen molar-refractivity contribution in [2.75, 3.05) is 6.79 Å². The van der Waals surface area contributed by atoms with E-state index in [1.807, 2.05) is 0 Å². The van der Waals surface area contributed by atoms with E-state index >= 15 is 0 Å². The maximum atomic E-state index is 12.1. The number of aliphatic hydroxyl groups excluding tert-OH is 1. The van der Waals surface area contributed by atoms with E-state index < -0.39 is 24.5 Å². The molecule has 0 unspecified atom stereocenters. The summed E-state index contributed by atoms with van der Waals surface area (Å²) in [6.07, 6.45) is -3.97. The number of alkyl halides is 3. The van der Waals surface area contributed by atoms with Crippen LogP contribution >= 0.6 is 0 Å². The smallest absolute Gasteiger partial charge is 0.417 e. The average molecular weight is 221 g/mol. The minimum absolute atomic E-state index is 0.294. The summed E-state index contributed by atoms with van der Waals surface area (Å²) < 4.78 is 40.3. The van der Waals surface area contributed by atoms with Crippen LogP contribution < -0.4 is 0 Å². The third-order valence-corrected chi connectivity index (χ3v) is 1.50. The number of aromatic nitrogens is 1. The number of nitrogens with zero attached hydrogens (tertiary/aromatic N) is 1. The average Bonchev–Trinajstić information content (AvgIpc) is 2.17. The number of rotatable bonds is 2. The lowest BCUT2D eigenvalue weighted by molar-refractivity contribution is -0.137. The molecule has 82 valence electrons. The fraction of sp³-hybridized carbons (Fsp3) is 0.250. The van der Waals surface area contributed by atoms with Gasteiger partial charge in [-0.25, -0.2) is 9.78 Å². The highest BCUT2D eigenvalue weighted by Crippen LogP contribution is 2.28. The Bertz CT molecular complexity index is 347. The first-order chi connectivity index (χ1) is 6.95. The Kier molecular flexibility index (Phi) is 3.25. The number of hydrogen-bond acceptors (Lipinski definition) is 4. The molecule has 7 heteroatoms. The molecular formula is C8H6F3NO3. The number of esters is 1. The van der Waals surface area contributed by atoms with Crippen molar-refractivity contribution in [2.45, 2.75) is 6.18 Å². The van der Waals surface area contributed by atoms with Gasteiger partial charge in [0.25, 0.3) is 0 Å². The van der Waals surface area contributed by atoms with Gasteiger partial charge in [-0.15, -0.1) is 0 Å². The van der Waals surface area contributed by atoms with Gasteiger partial charge in [0.1, 0.15) is 5.69 Å². The van der Waals surface area contributed by atoms with Crippen LogP contribution in [0, 0.1) is 0 Å². The van der Waals surface area contributed by atoms with Crippen molar-refractivity contribution in [3.8, 4) is 0 Å². The summed E-state index contributed by atoms with van der Waals surface area (Å²) in [5, 5.41) is 8.23. The predicted molar refractivity (Wildman–Crippen MR) is 41.7 cm³/mol. The molecule has 1 heterocycles. The Morgan fingerprint density at radius 2 is 2.13 bits per heavy atom. The van der Waals surface area contributed by atoms with Gasteiger partial charge in [-0.1, -0.05) is 0 Å². The van der Waals surface area contributed by atoms with Crippen molar-refractivity contribution in [1.29, 1.82) is 0 Å². The molecule has 1 aromatic heterocycles. The molecule has 0 aliphatic heterocycles. The fourth-order valence-corrected chi connectivity index (χ4v) is 0.815. The summed E-state index contributed by atoms with van der Waals surface area (Å²) in [5.41, 5.74) is -1.25. The van der Waals surface area contributed by atoms with E-state index in [0.29, 0.717) is 12.3 Å². The topological polar surface area (TPSA) is 59.4 Å². The molecule has 0 aliphatic carbocycles. The second-order valence-corrected chi connectivity index (χ2v) is 2.49. The van der Waals surface area contributed by atoms with Gasteiger partial charge >= 0.3 is 12.1 Å². The minimum atomic E-state index is -4.49. The fourth-order valence-electron chi connectivity index (χ4n) is 0.815. The van der Waals surface area contributed by atoms with Crippen molar-refractivity contribution in [3.63, 3.8) is 0 Å². The maximum absolute atomic E-state index is 12.1. The molecular weight excluding hydrogens is 215 g/mol. The molecule has 0 spiro atoms. The molecule has 0 bridgehead atoms. The molecule has 4 nitrogen and oxygen atoms in total. The molecule has 15 heavy (non-hydrogen) atoms. The van der Waals surface area contributed by atoms with Crippen LogP contribution in [0.5, 0.6) is 0 Å². The number of hydrogen-bond donors (Lipinski definition) is 1. The second-order valence-electron chi connectivity index (χ2n) is 2.49. The zero-order valence-electron chi connectivity index (χ0n) is 7.28. The van der Waals surface area contributed by atoms with Gasteiger partial charge in [0.05, 0.1) is 5.56 Å². The standard InChI is InChI=1S/C8H6F3NO3/c9-8(10,11)5-1-2-6(12-3-5)7(14)15-4-13/h1-3,13H,4H2. The van der Waals surface area contributed by atoms with Crippen LogP contribution in [0.15, 0.2) is 18.3 Å². The molecule has 0 radical (unpaired) electrons. The van der Waals surface area contributed by atoms with Gasteiger partial charge in [0.15, 0.2) is 6.79 Å². The third-order valence-electron chi connectivity index (χ3n) is 1.50. The van der Waals surface area contributed by atoms with Crippen LogP contribution in [-0.2, 0) is 10.9 Å². The highest BCUT2D eigenvalue weighted by Gasteiger charge is 2.30. The summed E-state index contributed by atoms with van der Waals surface area (Å²) >= 11 is 0. The quantitative estimate of drug-likeness (QED) is 0.602. The van der Waals surface area contributed by atoms with E-state index in [2.05, 4.69) is 9.72 Å². The van der Waals surface area contributed by atoms with Crippen molar-refractivity contribution < 1.29 is 27.8 Å². The first-order valence-electron chi connectivity index (χ1n) is 3.76. The van der Waals surface area contributed by atoms with E-state index in [1.54, 1.807) is 0 Å². The molecule has 1 aromatic rings. The summed E-state index contributed by atoms with van der Waals surface area (Å²) in [4.78, 5) is 14.1. The zero-order valence-corrected chi connectivity index (χ0v) is 7.28. The first-order valence-corrected chi connectivity index (χ1v) is 3.76. The zero-order chi connectivity index (χ0) is 11.5. The normalized spacial score (nSPS) is 11.2. The third kappa shape index (κ3) is 2.91. The summed E-state index contributed by atoms with van der Waals surface area (Å²) in [6, 6.07) is 1.59. The Labute approximate surface area is 82.3 Å². The molecule has 0 saturated heterocycles. The summed E-state index contributed by atoms with van der Waals surface area (Å²) in [6.45, 7) is -0.846. The Balaban J connectivity index is 2.86. The summed E-state index contributed by atoms with van der Waals surface area (Å²) in [7, 11) is 0. The number of halogens is 3. The van der Waals surface area contributed by atoms with E-state index in [-0.39, 0.29) is 5.69 Å². The van der Waals surface area contributed by atoms with E-state index in [4.69, 9.17) is 5.11 Å². The van der Waals surface area contributed by atoms with Gasteiger partial charge in [0, 0.05) is 6.20 Å². The van der Waals surface area contributed by atoms with Crippen molar-refractivity contribution >= 4 is 5.97 Å². The van der Waals surface area contributed by atoms with Gasteiger partial charge in [-0.3, -0.25) is 0 Å². The molecule has 0 fully saturated rings. The van der Waals surface area contributed by atoms with Crippen molar-refractivity contribution in [2.24, 2.45) is 0 Å². The second kappa shape index (κ2) is 4.26. The lowest BCUT2D eigenvalue weighted by Gasteiger charge is -2.06. The molecule has 1 N–H and O–H groups in total. The number of pyridine rings is 1. The molecule has 1 rings (SSSR count). The molecule has 0 saturated carbocycles. The highest BCUT2D eigenvalue weighted by atomic mass is 19.4. The molecule has 0 atom stereocenters. The number of aliphatic hydroxyl groups is 1. The van der Waals surface area contributed by atoms with Crippen LogP contribution in [0.4, 0.5) is 13.2 Å². The number of carbonyl (C=O) groups is 1. The van der Waals surface area contributed by atoms with Crippen LogP contribution in [-0.4, -0.2) is 22.9 Å².